The number of aliphatic hydroxyl groups is 2. The molecule has 42 heavy (non-hydrogen) atoms. The molecular formula is C33H54N2O7. The van der Waals surface area contributed by atoms with E-state index in [1.807, 2.05) is 55.4 Å². The number of carbonyl (C=O) groups excluding carboxylic acids is 3. The number of amides is 1. The summed E-state index contributed by atoms with van der Waals surface area (Å²) in [7, 11) is 0. The molecule has 0 aromatic carbocycles. The van der Waals surface area contributed by atoms with Gasteiger partial charge in [-0.3, -0.25) is 14.5 Å². The van der Waals surface area contributed by atoms with Gasteiger partial charge in [-0.05, 0) is 71.1 Å². The molecule has 1 saturated heterocycles. The van der Waals surface area contributed by atoms with Crippen LogP contribution in [-0.2, 0) is 19.1 Å². The van der Waals surface area contributed by atoms with Gasteiger partial charge >= 0.3 is 12.1 Å². The van der Waals surface area contributed by atoms with Crippen LogP contribution >= 0.6 is 0 Å². The van der Waals surface area contributed by atoms with Gasteiger partial charge in [0.1, 0.15) is 17.0 Å². The molecule has 9 heteroatoms. The van der Waals surface area contributed by atoms with Crippen molar-refractivity contribution in [3.63, 3.8) is 0 Å². The number of hydrogen-bond donors (Lipinski definition) is 2. The van der Waals surface area contributed by atoms with Gasteiger partial charge < -0.3 is 24.6 Å². The largest absolute Gasteiger partial charge is 0.458 e. The molecule has 4 fully saturated rings. The first kappa shape index (κ1) is 32.9. The van der Waals surface area contributed by atoms with Gasteiger partial charge in [-0.15, -0.1) is 6.58 Å². The van der Waals surface area contributed by atoms with Gasteiger partial charge in [-0.25, -0.2) is 4.79 Å². The summed E-state index contributed by atoms with van der Waals surface area (Å²) in [5.41, 5.74) is -3.93. The number of esters is 1. The highest BCUT2D eigenvalue weighted by Crippen LogP contribution is 2.69. The lowest BCUT2D eigenvalue weighted by Gasteiger charge is -2.64. The summed E-state index contributed by atoms with van der Waals surface area (Å²) in [5.74, 6) is -1.01. The molecule has 1 heterocycles. The molecule has 0 aromatic heterocycles. The molecule has 0 spiro atoms. The van der Waals surface area contributed by atoms with E-state index in [9.17, 15) is 24.6 Å². The van der Waals surface area contributed by atoms with Crippen LogP contribution in [0.15, 0.2) is 12.7 Å². The molecular weight excluding hydrogens is 536 g/mol. The van der Waals surface area contributed by atoms with E-state index in [1.165, 1.54) is 0 Å². The summed E-state index contributed by atoms with van der Waals surface area (Å²) < 4.78 is 12.0. The van der Waals surface area contributed by atoms with Gasteiger partial charge in [-0.2, -0.15) is 0 Å². The number of aliphatic hydroxyl groups excluding tert-OH is 2. The molecule has 9 nitrogen and oxygen atoms in total. The summed E-state index contributed by atoms with van der Waals surface area (Å²) in [5, 5.41) is 23.5. The third-order valence-corrected chi connectivity index (χ3v) is 11.8. The van der Waals surface area contributed by atoms with E-state index >= 15 is 0 Å². The van der Waals surface area contributed by atoms with Crippen molar-refractivity contribution in [2.75, 3.05) is 26.2 Å². The predicted molar refractivity (Wildman–Crippen MR) is 160 cm³/mol. The number of nitrogens with zero attached hydrogens (tertiary/aromatic N) is 2. The minimum atomic E-state index is -1.08. The Kier molecular flexibility index (Phi) is 8.77. The molecule has 3 aliphatic carbocycles. The maximum Gasteiger partial charge on any atom is 0.410 e. The molecule has 2 N–H and O–H groups in total. The minimum absolute atomic E-state index is 0.0275. The summed E-state index contributed by atoms with van der Waals surface area (Å²) in [6, 6.07) is -0.0275. The second-order valence-electron chi connectivity index (χ2n) is 15.2. The van der Waals surface area contributed by atoms with Crippen molar-refractivity contribution in [1.29, 1.82) is 0 Å². The SMILES string of the molecule is C=CC1(C)CC(O)C2(C)C3C(=O)CCC3(CCC2(C)OC(=O)CN2CCN(C(=O)OC(C)(C)C)CC2CC)C(C)C1O. The van der Waals surface area contributed by atoms with Crippen LogP contribution in [0.3, 0.4) is 0 Å². The van der Waals surface area contributed by atoms with Crippen molar-refractivity contribution in [2.24, 2.45) is 28.1 Å². The lowest BCUT2D eigenvalue weighted by molar-refractivity contribution is -0.253. The highest BCUT2D eigenvalue weighted by Gasteiger charge is 2.72. The first-order valence-electron chi connectivity index (χ1n) is 15.8. The van der Waals surface area contributed by atoms with Gasteiger partial charge in [0.2, 0.25) is 0 Å². The average Bonchev–Trinajstić information content (AvgIpc) is 3.26. The highest BCUT2D eigenvalue weighted by molar-refractivity contribution is 5.86. The Bertz CT molecular complexity index is 1090. The third kappa shape index (κ3) is 5.32. The number of carbonyl (C=O) groups is 3. The van der Waals surface area contributed by atoms with Crippen LogP contribution in [0.25, 0.3) is 0 Å². The Hall–Kier alpha value is -1.97. The standard InChI is InChI=1S/C33H54N2O7/c1-10-22-19-35(28(40)42-29(4,5)6)17-16-34(22)20-25(38)41-31(8)14-15-33-13-12-23(36)26(33)32(31,9)24(37)18-30(7,11-2)27(39)21(33)3/h11,21-22,24,26-27,37,39H,2,10,12-20H2,1,3-9H3. The Morgan fingerprint density at radius 3 is 2.38 bits per heavy atom. The van der Waals surface area contributed by atoms with Crippen molar-refractivity contribution < 1.29 is 34.1 Å². The first-order chi connectivity index (χ1) is 19.4. The first-order valence-corrected chi connectivity index (χ1v) is 15.8. The summed E-state index contributed by atoms with van der Waals surface area (Å²) in [6.07, 6.45) is 2.81. The van der Waals surface area contributed by atoms with Crippen LogP contribution in [0, 0.1) is 28.1 Å². The number of Topliss-reactive ketones (excluding diaryl/α,β-unsaturated/α-hetero) is 1. The summed E-state index contributed by atoms with van der Waals surface area (Å²) >= 11 is 0. The maximum absolute atomic E-state index is 13.7. The molecule has 4 rings (SSSR count). The van der Waals surface area contributed by atoms with Gasteiger partial charge in [0.15, 0.2) is 0 Å². The fourth-order valence-electron chi connectivity index (χ4n) is 8.91. The zero-order valence-electron chi connectivity index (χ0n) is 27.1. The Labute approximate surface area is 252 Å². The van der Waals surface area contributed by atoms with E-state index in [4.69, 9.17) is 9.47 Å². The highest BCUT2D eigenvalue weighted by atomic mass is 16.6. The van der Waals surface area contributed by atoms with Crippen LogP contribution in [0.2, 0.25) is 0 Å². The van der Waals surface area contributed by atoms with Crippen LogP contribution < -0.4 is 0 Å². The monoisotopic (exact) mass is 590 g/mol. The zero-order valence-corrected chi connectivity index (χ0v) is 27.1. The van der Waals surface area contributed by atoms with Gasteiger partial charge in [0.25, 0.3) is 0 Å². The van der Waals surface area contributed by atoms with Crippen molar-refractivity contribution >= 4 is 17.8 Å². The second kappa shape index (κ2) is 11.2. The van der Waals surface area contributed by atoms with Gasteiger partial charge in [0, 0.05) is 48.8 Å². The van der Waals surface area contributed by atoms with E-state index in [-0.39, 0.29) is 36.8 Å². The number of ketones is 1. The summed E-state index contributed by atoms with van der Waals surface area (Å²) in [6.45, 7) is 20.8. The maximum atomic E-state index is 13.7. The van der Waals surface area contributed by atoms with Crippen molar-refractivity contribution in [1.82, 2.24) is 9.80 Å². The topological polar surface area (TPSA) is 117 Å². The van der Waals surface area contributed by atoms with E-state index in [1.54, 1.807) is 11.0 Å². The average molecular weight is 591 g/mol. The molecule has 4 aliphatic rings. The minimum Gasteiger partial charge on any atom is -0.458 e. The second-order valence-corrected chi connectivity index (χ2v) is 15.2. The zero-order chi connectivity index (χ0) is 31.5. The number of piperazine rings is 1. The predicted octanol–water partition coefficient (Wildman–Crippen LogP) is 4.34. The van der Waals surface area contributed by atoms with E-state index in [0.29, 0.717) is 45.3 Å². The quantitative estimate of drug-likeness (QED) is 0.359. The molecule has 9 unspecified atom stereocenters. The lowest BCUT2D eigenvalue weighted by atomic mass is 9.42. The lowest BCUT2D eigenvalue weighted by Crippen LogP contribution is -2.69. The van der Waals surface area contributed by atoms with Crippen LogP contribution in [-0.4, -0.2) is 93.5 Å². The fraction of sp³-hybridized carbons (Fsp3) is 0.848. The molecule has 0 aromatic rings. The number of hydrogen-bond acceptors (Lipinski definition) is 8. The normalized spacial score (nSPS) is 42.8. The molecule has 238 valence electrons. The fourth-order valence-corrected chi connectivity index (χ4v) is 8.91. The molecule has 1 amide bonds. The van der Waals surface area contributed by atoms with E-state index in [2.05, 4.69) is 11.5 Å². The van der Waals surface area contributed by atoms with Crippen LogP contribution in [0.1, 0.15) is 93.9 Å². The van der Waals surface area contributed by atoms with Crippen molar-refractivity contribution in [3.05, 3.63) is 12.7 Å². The molecule has 3 saturated carbocycles. The van der Waals surface area contributed by atoms with Gasteiger partial charge in [0.05, 0.1) is 18.8 Å². The van der Waals surface area contributed by atoms with E-state index < -0.39 is 51.5 Å². The Morgan fingerprint density at radius 1 is 1.12 bits per heavy atom. The van der Waals surface area contributed by atoms with Crippen LogP contribution in [0.4, 0.5) is 4.79 Å². The smallest absolute Gasteiger partial charge is 0.410 e. The number of rotatable bonds is 5. The van der Waals surface area contributed by atoms with Crippen molar-refractivity contribution in [3.8, 4) is 0 Å². The summed E-state index contributed by atoms with van der Waals surface area (Å²) in [4.78, 5) is 43.8. The van der Waals surface area contributed by atoms with Crippen molar-refractivity contribution in [2.45, 2.75) is 123 Å². The van der Waals surface area contributed by atoms with Crippen LogP contribution in [0.5, 0.6) is 0 Å². The Balaban J connectivity index is 1.57. The van der Waals surface area contributed by atoms with E-state index in [0.717, 1.165) is 6.42 Å². The molecule has 2 bridgehead atoms. The number of ether oxygens (including phenoxy) is 2. The molecule has 9 atom stereocenters. The third-order valence-electron chi connectivity index (χ3n) is 11.8. The molecule has 0 radical (unpaired) electrons. The van der Waals surface area contributed by atoms with Gasteiger partial charge in [-0.1, -0.05) is 33.8 Å². The Morgan fingerprint density at radius 2 is 1.79 bits per heavy atom. The molecule has 1 aliphatic heterocycles.